The highest BCUT2D eigenvalue weighted by atomic mass is 19.1. The predicted octanol–water partition coefficient (Wildman–Crippen LogP) is 1.32. The summed E-state index contributed by atoms with van der Waals surface area (Å²) in [5.74, 6) is -2.57. The maximum absolute atomic E-state index is 12.6. The fourth-order valence-electron chi connectivity index (χ4n) is 0.692. The highest BCUT2D eigenvalue weighted by Gasteiger charge is 2.19. The second-order valence-corrected chi connectivity index (χ2v) is 2.09. The summed E-state index contributed by atoms with van der Waals surface area (Å²) in [6.07, 6.45) is -2.26. The minimum absolute atomic E-state index is 0.428. The molecule has 1 rings (SSSR count). The monoisotopic (exact) mass is 173 g/mol. The van der Waals surface area contributed by atoms with Crippen LogP contribution in [0.2, 0.25) is 0 Å². The number of carbonyl (C=O) groups is 1. The molecule has 64 valence electrons. The zero-order chi connectivity index (χ0) is 9.14. The summed E-state index contributed by atoms with van der Waals surface area (Å²) in [6.45, 7) is 0. The fourth-order valence-corrected chi connectivity index (χ4v) is 0.692. The lowest BCUT2D eigenvalue weighted by Gasteiger charge is -2.00. The SMILES string of the molecule is O=C(O)C(F)c1cccc(F)n1. The first-order chi connectivity index (χ1) is 5.61. The van der Waals surface area contributed by atoms with E-state index in [9.17, 15) is 13.6 Å². The molecule has 12 heavy (non-hydrogen) atoms. The van der Waals surface area contributed by atoms with Crippen LogP contribution in [0.5, 0.6) is 0 Å². The fraction of sp³-hybridized carbons (Fsp3) is 0.143. The zero-order valence-corrected chi connectivity index (χ0v) is 5.87. The van der Waals surface area contributed by atoms with Gasteiger partial charge in [-0.25, -0.2) is 14.2 Å². The second kappa shape index (κ2) is 3.25. The van der Waals surface area contributed by atoms with Gasteiger partial charge in [-0.3, -0.25) is 0 Å². The Kier molecular flexibility index (Phi) is 2.32. The Bertz CT molecular complexity index is 303. The number of aromatic nitrogens is 1. The summed E-state index contributed by atoms with van der Waals surface area (Å²) in [5, 5.41) is 8.19. The van der Waals surface area contributed by atoms with Crippen molar-refractivity contribution in [2.75, 3.05) is 0 Å². The molecule has 0 saturated carbocycles. The minimum atomic E-state index is -2.26. The van der Waals surface area contributed by atoms with Crippen LogP contribution in [0.15, 0.2) is 18.2 Å². The first-order valence-electron chi connectivity index (χ1n) is 3.10. The summed E-state index contributed by atoms with van der Waals surface area (Å²) in [6, 6.07) is 3.33. The number of alkyl halides is 1. The highest BCUT2D eigenvalue weighted by molar-refractivity contribution is 5.73. The summed E-state index contributed by atoms with van der Waals surface area (Å²) < 4.78 is 24.9. The third-order valence-corrected chi connectivity index (χ3v) is 1.21. The van der Waals surface area contributed by atoms with Crippen LogP contribution < -0.4 is 0 Å². The molecule has 0 fully saturated rings. The molecule has 1 unspecified atom stereocenters. The number of pyridine rings is 1. The van der Waals surface area contributed by atoms with Gasteiger partial charge in [-0.15, -0.1) is 0 Å². The van der Waals surface area contributed by atoms with Gasteiger partial charge >= 0.3 is 5.97 Å². The molecule has 0 aromatic carbocycles. The lowest BCUT2D eigenvalue weighted by molar-refractivity contribution is -0.143. The maximum atomic E-state index is 12.6. The molecular formula is C7H5F2NO2. The summed E-state index contributed by atoms with van der Waals surface area (Å²) >= 11 is 0. The van der Waals surface area contributed by atoms with Crippen LogP contribution >= 0.6 is 0 Å². The van der Waals surface area contributed by atoms with E-state index in [1.807, 2.05) is 0 Å². The van der Waals surface area contributed by atoms with E-state index in [1.54, 1.807) is 0 Å². The van der Waals surface area contributed by atoms with E-state index >= 15 is 0 Å². The van der Waals surface area contributed by atoms with Gasteiger partial charge in [0.25, 0.3) is 0 Å². The molecule has 0 aliphatic rings. The lowest BCUT2D eigenvalue weighted by Crippen LogP contribution is -2.08. The minimum Gasteiger partial charge on any atom is -0.479 e. The largest absolute Gasteiger partial charge is 0.479 e. The smallest absolute Gasteiger partial charge is 0.344 e. The number of hydrogen-bond donors (Lipinski definition) is 1. The van der Waals surface area contributed by atoms with E-state index in [4.69, 9.17) is 5.11 Å². The van der Waals surface area contributed by atoms with Gasteiger partial charge < -0.3 is 5.11 Å². The number of aliphatic carboxylic acids is 1. The average molecular weight is 173 g/mol. The van der Waals surface area contributed by atoms with Gasteiger partial charge in [-0.2, -0.15) is 4.39 Å². The van der Waals surface area contributed by atoms with Gasteiger partial charge in [-0.05, 0) is 12.1 Å². The number of halogens is 2. The third-order valence-electron chi connectivity index (χ3n) is 1.21. The molecular weight excluding hydrogens is 168 g/mol. The van der Waals surface area contributed by atoms with Crippen molar-refractivity contribution in [1.82, 2.24) is 4.98 Å². The molecule has 1 N–H and O–H groups in total. The highest BCUT2D eigenvalue weighted by Crippen LogP contribution is 2.14. The number of carboxylic acids is 1. The molecule has 1 aromatic heterocycles. The van der Waals surface area contributed by atoms with Crippen LogP contribution in [0.1, 0.15) is 11.9 Å². The maximum Gasteiger partial charge on any atom is 0.344 e. The number of carboxylic acid groups (broad SMARTS) is 1. The van der Waals surface area contributed by atoms with Crippen molar-refractivity contribution < 1.29 is 18.7 Å². The van der Waals surface area contributed by atoms with Gasteiger partial charge in [0.15, 0.2) is 0 Å². The lowest BCUT2D eigenvalue weighted by atomic mass is 10.2. The molecule has 5 heteroatoms. The van der Waals surface area contributed by atoms with E-state index in [2.05, 4.69) is 4.98 Å². The van der Waals surface area contributed by atoms with Crippen molar-refractivity contribution in [2.45, 2.75) is 6.17 Å². The van der Waals surface area contributed by atoms with E-state index in [1.165, 1.54) is 6.07 Å². The zero-order valence-electron chi connectivity index (χ0n) is 5.87. The van der Waals surface area contributed by atoms with Crippen LogP contribution in [0, 0.1) is 5.95 Å². The third kappa shape index (κ3) is 1.75. The standard InChI is InChI=1S/C7H5F2NO2/c8-5-3-1-2-4(10-5)6(9)7(11)12/h1-3,6H,(H,11,12). The average Bonchev–Trinajstić information content (AvgIpc) is 2.03. The van der Waals surface area contributed by atoms with Gasteiger partial charge in [-0.1, -0.05) is 6.07 Å². The van der Waals surface area contributed by atoms with Crippen molar-refractivity contribution in [3.05, 3.63) is 29.8 Å². The first kappa shape index (κ1) is 8.58. The normalized spacial score (nSPS) is 12.5. The van der Waals surface area contributed by atoms with Gasteiger partial charge in [0.1, 0.15) is 0 Å². The van der Waals surface area contributed by atoms with Crippen LogP contribution in [0.25, 0.3) is 0 Å². The first-order valence-corrected chi connectivity index (χ1v) is 3.10. The summed E-state index contributed by atoms with van der Waals surface area (Å²) in [7, 11) is 0. The van der Waals surface area contributed by atoms with E-state index in [0.717, 1.165) is 12.1 Å². The number of nitrogens with zero attached hydrogens (tertiary/aromatic N) is 1. The summed E-state index contributed by atoms with van der Waals surface area (Å²) in [4.78, 5) is 13.1. The Labute approximate surface area is 66.7 Å². The Morgan fingerprint density at radius 3 is 2.75 bits per heavy atom. The van der Waals surface area contributed by atoms with Crippen molar-refractivity contribution in [2.24, 2.45) is 0 Å². The number of rotatable bonds is 2. The quantitative estimate of drug-likeness (QED) is 0.686. The topological polar surface area (TPSA) is 50.2 Å². The Hall–Kier alpha value is -1.52. The Morgan fingerprint density at radius 1 is 1.58 bits per heavy atom. The van der Waals surface area contributed by atoms with Crippen molar-refractivity contribution in [3.63, 3.8) is 0 Å². The molecule has 3 nitrogen and oxygen atoms in total. The Balaban J connectivity index is 2.95. The van der Waals surface area contributed by atoms with E-state index < -0.39 is 23.8 Å². The molecule has 0 aliphatic carbocycles. The van der Waals surface area contributed by atoms with Crippen molar-refractivity contribution >= 4 is 5.97 Å². The van der Waals surface area contributed by atoms with E-state index in [-0.39, 0.29) is 0 Å². The van der Waals surface area contributed by atoms with Gasteiger partial charge in [0.2, 0.25) is 12.1 Å². The van der Waals surface area contributed by atoms with Crippen molar-refractivity contribution in [1.29, 1.82) is 0 Å². The van der Waals surface area contributed by atoms with Crippen LogP contribution in [-0.2, 0) is 4.79 Å². The second-order valence-electron chi connectivity index (χ2n) is 2.09. The molecule has 1 heterocycles. The van der Waals surface area contributed by atoms with E-state index in [0.29, 0.717) is 0 Å². The molecule has 0 bridgehead atoms. The van der Waals surface area contributed by atoms with Crippen LogP contribution in [0.4, 0.5) is 8.78 Å². The molecule has 0 amide bonds. The van der Waals surface area contributed by atoms with Crippen LogP contribution in [-0.4, -0.2) is 16.1 Å². The predicted molar refractivity (Wildman–Crippen MR) is 35.7 cm³/mol. The molecule has 0 aliphatic heterocycles. The summed E-state index contributed by atoms with van der Waals surface area (Å²) in [5.41, 5.74) is -0.428. The molecule has 1 atom stereocenters. The van der Waals surface area contributed by atoms with Crippen molar-refractivity contribution in [3.8, 4) is 0 Å². The van der Waals surface area contributed by atoms with Gasteiger partial charge in [0, 0.05) is 0 Å². The Morgan fingerprint density at radius 2 is 2.25 bits per heavy atom. The molecule has 0 spiro atoms. The number of hydrogen-bond acceptors (Lipinski definition) is 2. The van der Waals surface area contributed by atoms with Gasteiger partial charge in [0.05, 0.1) is 5.69 Å². The molecule has 0 radical (unpaired) electrons. The van der Waals surface area contributed by atoms with Crippen LogP contribution in [0.3, 0.4) is 0 Å². The molecule has 1 aromatic rings. The molecule has 0 saturated heterocycles.